The van der Waals surface area contributed by atoms with Crippen LogP contribution in [0, 0.1) is 0 Å². The maximum atomic E-state index is 12.8. The summed E-state index contributed by atoms with van der Waals surface area (Å²) in [6, 6.07) is 11.0. The molecule has 152 valence electrons. The minimum Gasteiger partial charge on any atom is -0.323 e. The van der Waals surface area contributed by atoms with Gasteiger partial charge in [-0.05, 0) is 69.1 Å². The van der Waals surface area contributed by atoms with Crippen LogP contribution in [0.2, 0.25) is 0 Å². The molecule has 3 heterocycles. The number of anilines is 2. The van der Waals surface area contributed by atoms with Crippen molar-refractivity contribution in [2.75, 3.05) is 36.8 Å². The van der Waals surface area contributed by atoms with E-state index in [0.29, 0.717) is 23.0 Å². The zero-order valence-electron chi connectivity index (χ0n) is 16.5. The number of nitrogens with one attached hydrogen (secondary N) is 2. The largest absolute Gasteiger partial charge is 0.323 e. The van der Waals surface area contributed by atoms with Gasteiger partial charge in [-0.2, -0.15) is 0 Å². The second-order valence-electron chi connectivity index (χ2n) is 7.69. The zero-order valence-corrected chi connectivity index (χ0v) is 16.5. The van der Waals surface area contributed by atoms with E-state index in [9.17, 15) is 9.59 Å². The summed E-state index contributed by atoms with van der Waals surface area (Å²) in [6.07, 6.45) is 7.88. The van der Waals surface area contributed by atoms with Crippen LogP contribution in [0.25, 0.3) is 0 Å². The Bertz CT molecular complexity index is 851. The molecule has 7 nitrogen and oxygen atoms in total. The van der Waals surface area contributed by atoms with Crippen molar-refractivity contribution in [3.05, 3.63) is 54.4 Å². The number of rotatable bonds is 4. The highest BCUT2D eigenvalue weighted by molar-refractivity contribution is 6.04. The van der Waals surface area contributed by atoms with E-state index < -0.39 is 0 Å². The Hall–Kier alpha value is -2.93. The molecule has 2 aromatic rings. The number of aromatic nitrogens is 1. The van der Waals surface area contributed by atoms with Gasteiger partial charge in [-0.1, -0.05) is 6.07 Å². The highest BCUT2D eigenvalue weighted by atomic mass is 16.2. The van der Waals surface area contributed by atoms with Gasteiger partial charge >= 0.3 is 6.03 Å². The van der Waals surface area contributed by atoms with Gasteiger partial charge in [0, 0.05) is 42.9 Å². The molecule has 0 radical (unpaired) electrons. The first-order valence-corrected chi connectivity index (χ1v) is 10.3. The first-order chi connectivity index (χ1) is 14.2. The second kappa shape index (κ2) is 9.05. The lowest BCUT2D eigenvalue weighted by molar-refractivity contribution is 0.102. The van der Waals surface area contributed by atoms with E-state index in [0.717, 1.165) is 32.6 Å². The lowest BCUT2D eigenvalue weighted by atomic mass is 10.0. The average Bonchev–Trinajstić information content (AvgIpc) is 3.30. The molecular formula is C22H27N5O2. The van der Waals surface area contributed by atoms with Crippen molar-refractivity contribution < 1.29 is 9.59 Å². The molecule has 2 saturated heterocycles. The molecule has 29 heavy (non-hydrogen) atoms. The first-order valence-electron chi connectivity index (χ1n) is 10.3. The van der Waals surface area contributed by atoms with Gasteiger partial charge in [0.15, 0.2) is 0 Å². The molecule has 2 aliphatic rings. The van der Waals surface area contributed by atoms with Crippen LogP contribution >= 0.6 is 0 Å². The van der Waals surface area contributed by atoms with Gasteiger partial charge < -0.3 is 15.5 Å². The van der Waals surface area contributed by atoms with E-state index in [1.165, 1.54) is 25.5 Å². The third kappa shape index (κ3) is 4.92. The van der Waals surface area contributed by atoms with Gasteiger partial charge in [0.2, 0.25) is 0 Å². The molecule has 0 bridgehead atoms. The van der Waals surface area contributed by atoms with E-state index in [2.05, 4.69) is 20.5 Å². The van der Waals surface area contributed by atoms with Gasteiger partial charge in [-0.25, -0.2) is 4.79 Å². The lowest BCUT2D eigenvalue weighted by Gasteiger charge is -2.37. The molecule has 1 atom stereocenters. The Morgan fingerprint density at radius 1 is 0.966 bits per heavy atom. The number of piperidine rings is 1. The Morgan fingerprint density at radius 3 is 2.52 bits per heavy atom. The Morgan fingerprint density at radius 2 is 1.76 bits per heavy atom. The predicted molar refractivity (Wildman–Crippen MR) is 113 cm³/mol. The molecule has 0 spiro atoms. The van der Waals surface area contributed by atoms with Gasteiger partial charge in [0.05, 0.1) is 5.56 Å². The molecule has 0 saturated carbocycles. The Balaban J connectivity index is 1.36. The third-order valence-electron chi connectivity index (χ3n) is 5.64. The third-order valence-corrected chi connectivity index (χ3v) is 5.64. The maximum absolute atomic E-state index is 12.8. The zero-order chi connectivity index (χ0) is 20.1. The molecule has 1 aromatic carbocycles. The molecule has 2 fully saturated rings. The van der Waals surface area contributed by atoms with Gasteiger partial charge in [-0.15, -0.1) is 0 Å². The number of pyridine rings is 1. The summed E-state index contributed by atoms with van der Waals surface area (Å²) in [4.78, 5) is 33.5. The smallest absolute Gasteiger partial charge is 0.321 e. The molecule has 0 aliphatic carbocycles. The van der Waals surface area contributed by atoms with Crippen molar-refractivity contribution >= 4 is 23.3 Å². The van der Waals surface area contributed by atoms with Crippen LogP contribution in [0.1, 0.15) is 36.0 Å². The van der Waals surface area contributed by atoms with Crippen LogP contribution in [-0.4, -0.2) is 58.9 Å². The summed E-state index contributed by atoms with van der Waals surface area (Å²) in [5.74, 6) is -0.230. The number of amides is 3. The monoisotopic (exact) mass is 393 g/mol. The van der Waals surface area contributed by atoms with Crippen molar-refractivity contribution in [1.82, 2.24) is 14.8 Å². The number of likely N-dealkylation sites (tertiary alicyclic amines) is 2. The summed E-state index contributed by atoms with van der Waals surface area (Å²) in [5.41, 5.74) is 1.79. The van der Waals surface area contributed by atoms with Gasteiger partial charge in [-0.3, -0.25) is 14.7 Å². The summed E-state index contributed by atoms with van der Waals surface area (Å²) < 4.78 is 0. The summed E-state index contributed by atoms with van der Waals surface area (Å²) >= 11 is 0. The minimum atomic E-state index is -0.230. The van der Waals surface area contributed by atoms with Crippen molar-refractivity contribution in [1.29, 1.82) is 0 Å². The second-order valence-corrected chi connectivity index (χ2v) is 7.69. The first kappa shape index (κ1) is 19.4. The highest BCUT2D eigenvalue weighted by Gasteiger charge is 2.29. The van der Waals surface area contributed by atoms with Crippen LogP contribution in [0.5, 0.6) is 0 Å². The van der Waals surface area contributed by atoms with E-state index >= 15 is 0 Å². The number of carbonyl (C=O) groups excluding carboxylic acids is 2. The van der Waals surface area contributed by atoms with Crippen molar-refractivity contribution in [2.45, 2.75) is 31.7 Å². The molecule has 2 N–H and O–H groups in total. The van der Waals surface area contributed by atoms with E-state index in [1.807, 2.05) is 17.0 Å². The SMILES string of the molecule is O=C(Nc1cccc(NC(=O)N2CCCC(N3CCCC3)C2)c1)c1cccnc1. The summed E-state index contributed by atoms with van der Waals surface area (Å²) in [6.45, 7) is 3.87. The van der Waals surface area contributed by atoms with Crippen molar-refractivity contribution in [3.63, 3.8) is 0 Å². The summed E-state index contributed by atoms with van der Waals surface area (Å²) in [5, 5.41) is 5.83. The number of carbonyl (C=O) groups is 2. The van der Waals surface area contributed by atoms with Crippen LogP contribution in [0.15, 0.2) is 48.8 Å². The van der Waals surface area contributed by atoms with Crippen molar-refractivity contribution in [3.8, 4) is 0 Å². The van der Waals surface area contributed by atoms with E-state index in [-0.39, 0.29) is 11.9 Å². The summed E-state index contributed by atoms with van der Waals surface area (Å²) in [7, 11) is 0. The van der Waals surface area contributed by atoms with Crippen LogP contribution in [0.4, 0.5) is 16.2 Å². The minimum absolute atomic E-state index is 0.0790. The normalized spacial score (nSPS) is 19.7. The predicted octanol–water partition coefficient (Wildman–Crippen LogP) is 3.43. The number of nitrogens with zero attached hydrogens (tertiary/aromatic N) is 3. The maximum Gasteiger partial charge on any atom is 0.321 e. The molecule has 4 rings (SSSR count). The lowest BCUT2D eigenvalue weighted by Crippen LogP contribution is -2.50. The topological polar surface area (TPSA) is 77.6 Å². The molecule has 1 aromatic heterocycles. The number of hydrogen-bond donors (Lipinski definition) is 2. The van der Waals surface area contributed by atoms with Crippen LogP contribution in [-0.2, 0) is 0 Å². The molecular weight excluding hydrogens is 366 g/mol. The fourth-order valence-corrected chi connectivity index (χ4v) is 4.12. The molecule has 3 amide bonds. The number of benzene rings is 1. The standard InChI is InChI=1S/C22H27N5O2/c28-21(17-6-4-10-23-15-17)24-18-7-3-8-19(14-18)25-22(29)27-13-5-9-20(16-27)26-11-1-2-12-26/h3-4,6-8,10,14-15,20H,1-2,5,9,11-13,16H2,(H,24,28)(H,25,29). The Kier molecular flexibility index (Phi) is 6.05. The quantitative estimate of drug-likeness (QED) is 0.834. The number of hydrogen-bond acceptors (Lipinski definition) is 4. The molecule has 2 aliphatic heterocycles. The fourth-order valence-electron chi connectivity index (χ4n) is 4.12. The molecule has 7 heteroatoms. The number of urea groups is 1. The highest BCUT2D eigenvalue weighted by Crippen LogP contribution is 2.22. The van der Waals surface area contributed by atoms with Crippen LogP contribution < -0.4 is 10.6 Å². The average molecular weight is 393 g/mol. The van der Waals surface area contributed by atoms with E-state index in [4.69, 9.17) is 0 Å². The fraction of sp³-hybridized carbons (Fsp3) is 0.409. The Labute approximate surface area is 171 Å². The van der Waals surface area contributed by atoms with Crippen LogP contribution in [0.3, 0.4) is 0 Å². The van der Waals surface area contributed by atoms with Crippen molar-refractivity contribution in [2.24, 2.45) is 0 Å². The molecule has 1 unspecified atom stereocenters. The van der Waals surface area contributed by atoms with Gasteiger partial charge in [0.25, 0.3) is 5.91 Å². The van der Waals surface area contributed by atoms with E-state index in [1.54, 1.807) is 30.5 Å². The van der Waals surface area contributed by atoms with Gasteiger partial charge in [0.1, 0.15) is 0 Å².